The van der Waals surface area contributed by atoms with E-state index < -0.39 is 24.9 Å². The van der Waals surface area contributed by atoms with Crippen molar-refractivity contribution in [2.24, 2.45) is 5.92 Å². The fourth-order valence-corrected chi connectivity index (χ4v) is 5.91. The standard InChI is InChI=1S/C9H18BrNO4S2/c1-16(12,13)7-17(14,15)11-6-8-3-2-4-9(10)5-8/h8-9,11H,2-7H2,1H3. The summed E-state index contributed by atoms with van der Waals surface area (Å²) in [4.78, 5) is 0.445. The van der Waals surface area contributed by atoms with Crippen LogP contribution in [0.3, 0.4) is 0 Å². The molecule has 0 aromatic heterocycles. The van der Waals surface area contributed by atoms with Gasteiger partial charge in [-0.1, -0.05) is 22.4 Å². The molecule has 8 heteroatoms. The lowest BCUT2D eigenvalue weighted by Crippen LogP contribution is -2.35. The van der Waals surface area contributed by atoms with Crippen LogP contribution in [0.2, 0.25) is 0 Å². The smallest absolute Gasteiger partial charge is 0.226 e. The highest BCUT2D eigenvalue weighted by atomic mass is 79.9. The second kappa shape index (κ2) is 5.99. The lowest BCUT2D eigenvalue weighted by Gasteiger charge is -2.25. The Morgan fingerprint density at radius 2 is 1.88 bits per heavy atom. The molecule has 2 atom stereocenters. The van der Waals surface area contributed by atoms with E-state index in [1.165, 1.54) is 0 Å². The van der Waals surface area contributed by atoms with Crippen LogP contribution in [0, 0.1) is 5.92 Å². The summed E-state index contributed by atoms with van der Waals surface area (Å²) in [5.74, 6) is 0.294. The molecule has 0 aliphatic heterocycles. The highest BCUT2D eigenvalue weighted by molar-refractivity contribution is 9.09. The monoisotopic (exact) mass is 347 g/mol. The van der Waals surface area contributed by atoms with Crippen molar-refractivity contribution < 1.29 is 16.8 Å². The molecule has 0 radical (unpaired) electrons. The number of sulfonamides is 1. The van der Waals surface area contributed by atoms with Crippen molar-refractivity contribution in [3.8, 4) is 0 Å². The van der Waals surface area contributed by atoms with E-state index in [-0.39, 0.29) is 0 Å². The highest BCUT2D eigenvalue weighted by Crippen LogP contribution is 2.28. The van der Waals surface area contributed by atoms with Crippen LogP contribution in [0.4, 0.5) is 0 Å². The first-order valence-corrected chi connectivity index (χ1v) is 10.1. The SMILES string of the molecule is CS(=O)(=O)CS(=O)(=O)NCC1CCCC(Br)C1. The number of alkyl halides is 1. The average Bonchev–Trinajstić information content (AvgIpc) is 2.11. The van der Waals surface area contributed by atoms with E-state index in [1.807, 2.05) is 0 Å². The third-order valence-electron chi connectivity index (χ3n) is 2.68. The summed E-state index contributed by atoms with van der Waals surface area (Å²) in [6.07, 6.45) is 5.03. The topological polar surface area (TPSA) is 80.3 Å². The van der Waals surface area contributed by atoms with Gasteiger partial charge in [0.1, 0.15) is 0 Å². The second-order valence-electron chi connectivity index (χ2n) is 4.64. The van der Waals surface area contributed by atoms with Gasteiger partial charge in [0.05, 0.1) is 0 Å². The van der Waals surface area contributed by atoms with Crippen molar-refractivity contribution in [1.29, 1.82) is 0 Å². The van der Waals surface area contributed by atoms with Crippen LogP contribution in [0.5, 0.6) is 0 Å². The Morgan fingerprint density at radius 1 is 1.24 bits per heavy atom. The molecule has 0 amide bonds. The van der Waals surface area contributed by atoms with Gasteiger partial charge in [0, 0.05) is 17.6 Å². The average molecular weight is 348 g/mol. The summed E-state index contributed by atoms with van der Waals surface area (Å²) < 4.78 is 47.2. The second-order valence-corrected chi connectivity index (χ2v) is 10.2. The van der Waals surface area contributed by atoms with Gasteiger partial charge in [-0.3, -0.25) is 0 Å². The van der Waals surface area contributed by atoms with Crippen molar-refractivity contribution in [2.75, 3.05) is 17.9 Å². The number of halogens is 1. The molecule has 1 aliphatic rings. The summed E-state index contributed by atoms with van der Waals surface area (Å²) in [5, 5.41) is -0.829. The molecule has 1 saturated carbocycles. The van der Waals surface area contributed by atoms with E-state index >= 15 is 0 Å². The van der Waals surface area contributed by atoms with E-state index in [4.69, 9.17) is 0 Å². The molecule has 1 fully saturated rings. The van der Waals surface area contributed by atoms with E-state index in [9.17, 15) is 16.8 Å². The van der Waals surface area contributed by atoms with Gasteiger partial charge in [-0.25, -0.2) is 21.6 Å². The van der Waals surface area contributed by atoms with Crippen molar-refractivity contribution in [3.05, 3.63) is 0 Å². The fourth-order valence-electron chi connectivity index (χ4n) is 1.98. The van der Waals surface area contributed by atoms with Gasteiger partial charge < -0.3 is 0 Å². The molecule has 0 aromatic rings. The highest BCUT2D eigenvalue weighted by Gasteiger charge is 2.23. The van der Waals surface area contributed by atoms with Crippen LogP contribution in [-0.4, -0.2) is 39.5 Å². The van der Waals surface area contributed by atoms with Crippen molar-refractivity contribution in [3.63, 3.8) is 0 Å². The number of sulfone groups is 1. The molecule has 0 heterocycles. The van der Waals surface area contributed by atoms with Gasteiger partial charge in [-0.15, -0.1) is 0 Å². The van der Waals surface area contributed by atoms with Gasteiger partial charge in [0.2, 0.25) is 10.0 Å². The molecule has 1 aliphatic carbocycles. The number of hydrogen-bond donors (Lipinski definition) is 1. The minimum absolute atomic E-state index is 0.294. The van der Waals surface area contributed by atoms with Crippen molar-refractivity contribution in [1.82, 2.24) is 4.72 Å². The largest absolute Gasteiger partial charge is 0.228 e. The van der Waals surface area contributed by atoms with Gasteiger partial charge >= 0.3 is 0 Å². The predicted octanol–water partition coefficient (Wildman–Crippen LogP) is 0.862. The Morgan fingerprint density at radius 3 is 2.41 bits per heavy atom. The summed E-state index contributed by atoms with van der Waals surface area (Å²) in [6, 6.07) is 0. The van der Waals surface area contributed by atoms with Crippen LogP contribution >= 0.6 is 15.9 Å². The maximum Gasteiger partial charge on any atom is 0.226 e. The van der Waals surface area contributed by atoms with Crippen LogP contribution in [-0.2, 0) is 19.9 Å². The zero-order valence-electron chi connectivity index (χ0n) is 9.72. The fraction of sp³-hybridized carbons (Fsp3) is 1.00. The molecule has 0 spiro atoms. The number of nitrogens with one attached hydrogen (secondary N) is 1. The minimum atomic E-state index is -3.71. The third kappa shape index (κ3) is 6.73. The summed E-state index contributed by atoms with van der Waals surface area (Å²) in [6.45, 7) is 0.333. The Bertz CT molecular complexity index is 446. The molecule has 5 nitrogen and oxygen atoms in total. The van der Waals surface area contributed by atoms with Crippen molar-refractivity contribution in [2.45, 2.75) is 30.5 Å². The first-order chi connectivity index (χ1) is 7.68. The molecule has 17 heavy (non-hydrogen) atoms. The molecule has 0 bridgehead atoms. The van der Waals surface area contributed by atoms with E-state index in [2.05, 4.69) is 20.7 Å². The van der Waals surface area contributed by atoms with Gasteiger partial charge in [0.25, 0.3) is 0 Å². The summed E-state index contributed by atoms with van der Waals surface area (Å²) in [5.41, 5.74) is 0. The minimum Gasteiger partial charge on any atom is -0.228 e. The zero-order chi connectivity index (χ0) is 13.1. The van der Waals surface area contributed by atoms with Gasteiger partial charge in [-0.05, 0) is 25.2 Å². The molecule has 0 aromatic carbocycles. The zero-order valence-corrected chi connectivity index (χ0v) is 12.9. The van der Waals surface area contributed by atoms with Crippen LogP contribution in [0.15, 0.2) is 0 Å². The lowest BCUT2D eigenvalue weighted by atomic mass is 9.89. The lowest BCUT2D eigenvalue weighted by molar-refractivity contribution is 0.368. The Balaban J connectivity index is 2.44. The van der Waals surface area contributed by atoms with Gasteiger partial charge in [-0.2, -0.15) is 0 Å². The van der Waals surface area contributed by atoms with E-state index in [1.54, 1.807) is 0 Å². The molecule has 2 unspecified atom stereocenters. The van der Waals surface area contributed by atoms with E-state index in [0.717, 1.165) is 31.9 Å². The van der Waals surface area contributed by atoms with Crippen LogP contribution in [0.1, 0.15) is 25.7 Å². The van der Waals surface area contributed by atoms with Crippen LogP contribution < -0.4 is 4.72 Å². The normalized spacial score (nSPS) is 26.9. The Hall–Kier alpha value is 0.340. The van der Waals surface area contributed by atoms with Crippen molar-refractivity contribution >= 4 is 35.8 Å². The molecule has 0 saturated heterocycles. The number of rotatable bonds is 5. The first-order valence-electron chi connectivity index (χ1n) is 5.47. The molecule has 102 valence electrons. The Labute approximate surface area is 111 Å². The van der Waals surface area contributed by atoms with Gasteiger partial charge in [0.15, 0.2) is 14.9 Å². The predicted molar refractivity (Wildman–Crippen MR) is 71.3 cm³/mol. The van der Waals surface area contributed by atoms with E-state index in [0.29, 0.717) is 17.3 Å². The molecule has 1 rings (SSSR count). The first kappa shape index (κ1) is 15.4. The maximum absolute atomic E-state index is 11.5. The maximum atomic E-state index is 11.5. The molecular formula is C9H18BrNO4S2. The molecule has 1 N–H and O–H groups in total. The quantitative estimate of drug-likeness (QED) is 0.748. The third-order valence-corrected chi connectivity index (χ3v) is 7.07. The summed E-state index contributed by atoms with van der Waals surface area (Å²) in [7, 11) is -7.21. The molecular weight excluding hydrogens is 330 g/mol. The summed E-state index contributed by atoms with van der Waals surface area (Å²) >= 11 is 3.52. The van der Waals surface area contributed by atoms with Crippen LogP contribution in [0.25, 0.3) is 0 Å². The number of hydrogen-bond acceptors (Lipinski definition) is 4. The Kier molecular flexibility index (Phi) is 5.42.